The fraction of sp³-hybridized carbons (Fsp3) is 0.625. The largest absolute Gasteiger partial charge is 0.486 e. The summed E-state index contributed by atoms with van der Waals surface area (Å²) in [4.78, 5) is 2.92. The molecule has 1 saturated heterocycles. The van der Waals surface area contributed by atoms with Gasteiger partial charge in [-0.15, -0.1) is 0 Å². The van der Waals surface area contributed by atoms with Gasteiger partial charge in [-0.25, -0.2) is 0 Å². The molecule has 2 aromatic carbocycles. The molecule has 4 saturated carbocycles. The third kappa shape index (κ3) is 3.01. The lowest BCUT2D eigenvalue weighted by Gasteiger charge is -2.74. The molecule has 4 bridgehead atoms. The molecule has 2 heterocycles. The monoisotopic (exact) mass is 563 g/mol. The highest BCUT2D eigenvalue weighted by molar-refractivity contribution is 9.10. The van der Waals surface area contributed by atoms with Gasteiger partial charge in [-0.2, -0.15) is 0 Å². The summed E-state index contributed by atoms with van der Waals surface area (Å²) in [6, 6.07) is 13.9. The zero-order chi connectivity index (χ0) is 25.0. The first-order valence-corrected chi connectivity index (χ1v) is 15.2. The fourth-order valence-corrected chi connectivity index (χ4v) is 10.1. The zero-order valence-electron chi connectivity index (χ0n) is 22.1. The second kappa shape index (κ2) is 8.06. The Morgan fingerprint density at radius 2 is 1.92 bits per heavy atom. The molecule has 0 aromatic heterocycles. The van der Waals surface area contributed by atoms with Crippen LogP contribution in [0.2, 0.25) is 0 Å². The molecular formula is C32H38BrNO3. The van der Waals surface area contributed by atoms with Gasteiger partial charge in [-0.3, -0.25) is 4.90 Å². The van der Waals surface area contributed by atoms with E-state index in [4.69, 9.17) is 14.2 Å². The summed E-state index contributed by atoms with van der Waals surface area (Å²) in [5, 5.41) is 0. The number of nitrogens with zero attached hydrogens (tertiary/aromatic N) is 1. The molecule has 0 N–H and O–H groups in total. The highest BCUT2D eigenvalue weighted by Crippen LogP contribution is 2.76. The lowest BCUT2D eigenvalue weighted by atomic mass is 9.35. The zero-order valence-corrected chi connectivity index (χ0v) is 23.7. The second-order valence-corrected chi connectivity index (χ2v) is 13.9. The quantitative estimate of drug-likeness (QED) is 0.401. The Bertz CT molecular complexity index is 1240. The van der Waals surface area contributed by atoms with Crippen molar-refractivity contribution in [3.63, 3.8) is 0 Å². The molecule has 196 valence electrons. The Balaban J connectivity index is 1.20. The van der Waals surface area contributed by atoms with Crippen molar-refractivity contribution >= 4 is 15.9 Å². The summed E-state index contributed by atoms with van der Waals surface area (Å²) in [5.74, 6) is 2.46. The number of methoxy groups -OCH3 is 1. The highest BCUT2D eigenvalue weighted by atomic mass is 79.9. The minimum absolute atomic E-state index is 0.0864. The average molecular weight is 565 g/mol. The van der Waals surface area contributed by atoms with Crippen LogP contribution in [0.25, 0.3) is 0 Å². The number of aryl methyl sites for hydroxylation is 1. The van der Waals surface area contributed by atoms with E-state index in [0.717, 1.165) is 23.4 Å². The van der Waals surface area contributed by atoms with Gasteiger partial charge in [-0.05, 0) is 93.2 Å². The minimum Gasteiger partial charge on any atom is -0.486 e. The topological polar surface area (TPSA) is 30.9 Å². The summed E-state index contributed by atoms with van der Waals surface area (Å²) >= 11 is 3.55. The lowest BCUT2D eigenvalue weighted by Crippen LogP contribution is -2.81. The first-order chi connectivity index (χ1) is 18.0. The Morgan fingerprint density at radius 1 is 1.08 bits per heavy atom. The van der Waals surface area contributed by atoms with E-state index in [1.54, 1.807) is 11.1 Å². The van der Waals surface area contributed by atoms with E-state index in [1.807, 2.05) is 7.11 Å². The van der Waals surface area contributed by atoms with Crippen LogP contribution in [0, 0.1) is 24.2 Å². The van der Waals surface area contributed by atoms with Crippen LogP contribution in [0.3, 0.4) is 0 Å². The van der Waals surface area contributed by atoms with E-state index in [2.05, 4.69) is 64.2 Å². The molecule has 2 spiro atoms. The Kier molecular flexibility index (Phi) is 5.12. The van der Waals surface area contributed by atoms with Crippen LogP contribution in [-0.4, -0.2) is 49.5 Å². The van der Waals surface area contributed by atoms with Crippen LogP contribution in [0.1, 0.15) is 60.8 Å². The number of halogens is 1. The van der Waals surface area contributed by atoms with Crippen LogP contribution in [0.5, 0.6) is 5.75 Å². The molecule has 5 aliphatic carbocycles. The van der Waals surface area contributed by atoms with Gasteiger partial charge in [0.05, 0.1) is 13.2 Å². The van der Waals surface area contributed by atoms with Crippen LogP contribution >= 0.6 is 15.9 Å². The third-order valence-electron chi connectivity index (χ3n) is 11.5. The molecule has 2 aromatic rings. The van der Waals surface area contributed by atoms with E-state index in [9.17, 15) is 0 Å². The molecule has 0 radical (unpaired) electrons. The average Bonchev–Trinajstić information content (AvgIpc) is 3.65. The number of fused-ring (bicyclic) bond motifs is 2. The van der Waals surface area contributed by atoms with Gasteiger partial charge in [0.15, 0.2) is 0 Å². The smallest absolute Gasteiger partial charge is 0.138 e. The summed E-state index contributed by atoms with van der Waals surface area (Å²) in [6.07, 6.45) is 8.86. The number of likely N-dealkylation sites (tertiary alicyclic amines) is 1. The predicted octanol–water partition coefficient (Wildman–Crippen LogP) is 6.20. The van der Waals surface area contributed by atoms with E-state index in [-0.39, 0.29) is 22.5 Å². The van der Waals surface area contributed by atoms with Crippen molar-refractivity contribution in [1.29, 1.82) is 0 Å². The Hall–Kier alpha value is -1.40. The van der Waals surface area contributed by atoms with Gasteiger partial charge in [0.1, 0.15) is 17.5 Å². The molecule has 5 fully saturated rings. The lowest BCUT2D eigenvalue weighted by molar-refractivity contribution is -0.283. The maximum Gasteiger partial charge on any atom is 0.138 e. The summed E-state index contributed by atoms with van der Waals surface area (Å²) < 4.78 is 21.4. The minimum atomic E-state index is -0.287. The SMILES string of the molecule is COC12CCC3(C[C@@H]1COCc1ccc(Br)cc1)[C@H]1Cc4ccc(C)c5c4[C@@]3(CCN1CC1CC1)[C@H]2O5. The van der Waals surface area contributed by atoms with Gasteiger partial charge < -0.3 is 14.2 Å². The van der Waals surface area contributed by atoms with E-state index < -0.39 is 0 Å². The van der Waals surface area contributed by atoms with Crippen molar-refractivity contribution in [1.82, 2.24) is 4.90 Å². The van der Waals surface area contributed by atoms with E-state index >= 15 is 0 Å². The molecule has 5 heteroatoms. The van der Waals surface area contributed by atoms with Gasteiger partial charge >= 0.3 is 0 Å². The molecule has 2 unspecified atom stereocenters. The summed E-state index contributed by atoms with van der Waals surface area (Å²) in [7, 11) is 1.94. The van der Waals surface area contributed by atoms with Crippen LogP contribution < -0.4 is 4.74 Å². The van der Waals surface area contributed by atoms with Gasteiger partial charge in [-0.1, -0.05) is 40.2 Å². The maximum atomic E-state index is 7.16. The second-order valence-electron chi connectivity index (χ2n) is 13.0. The van der Waals surface area contributed by atoms with Crippen LogP contribution in [0.15, 0.2) is 40.9 Å². The summed E-state index contributed by atoms with van der Waals surface area (Å²) in [5.41, 5.74) is 5.71. The van der Waals surface area contributed by atoms with Crippen molar-refractivity contribution in [3.05, 3.63) is 63.1 Å². The molecule has 2 aliphatic heterocycles. The Labute approximate surface area is 229 Å². The highest BCUT2D eigenvalue weighted by Gasteiger charge is 2.80. The van der Waals surface area contributed by atoms with Crippen molar-refractivity contribution in [2.45, 2.75) is 81.6 Å². The molecule has 0 amide bonds. The number of piperidine rings is 1. The first-order valence-electron chi connectivity index (χ1n) is 14.4. The standard InChI is InChI=1S/C32H38BrNO3/c1-20-3-8-23-15-26-30-11-12-32(35-2,24(16-30)19-36-18-22-6-9-25(33)10-7-22)29-31(30,27(23)28(20)37-29)13-14-34(26)17-21-4-5-21/h3,6-10,21,24,26,29H,4-5,11-19H2,1-2H3/t24-,26-,29-,30?,31+,32?/m1/s1. The van der Waals surface area contributed by atoms with Gasteiger partial charge in [0, 0.05) is 46.5 Å². The Morgan fingerprint density at radius 3 is 2.70 bits per heavy atom. The van der Waals surface area contributed by atoms with Gasteiger partial charge in [0.2, 0.25) is 0 Å². The number of benzene rings is 2. The molecule has 9 rings (SSSR count). The molecule has 37 heavy (non-hydrogen) atoms. The maximum absolute atomic E-state index is 7.16. The first kappa shape index (κ1) is 23.5. The molecule has 6 atom stereocenters. The fourth-order valence-electron chi connectivity index (χ4n) is 9.79. The number of hydrogen-bond acceptors (Lipinski definition) is 4. The molecular weight excluding hydrogens is 526 g/mol. The van der Waals surface area contributed by atoms with Crippen molar-refractivity contribution in [3.8, 4) is 5.75 Å². The number of hydrogen-bond donors (Lipinski definition) is 0. The molecule has 4 nitrogen and oxygen atoms in total. The van der Waals surface area contributed by atoms with E-state index in [1.165, 1.54) is 68.5 Å². The van der Waals surface area contributed by atoms with Crippen molar-refractivity contribution < 1.29 is 14.2 Å². The number of ether oxygens (including phenoxy) is 3. The third-order valence-corrected chi connectivity index (χ3v) is 12.1. The number of rotatable bonds is 7. The van der Waals surface area contributed by atoms with Crippen LogP contribution in [0.4, 0.5) is 0 Å². The summed E-state index contributed by atoms with van der Waals surface area (Å²) in [6.45, 7) is 6.13. The van der Waals surface area contributed by atoms with Crippen LogP contribution in [-0.2, 0) is 27.9 Å². The van der Waals surface area contributed by atoms with Crippen molar-refractivity contribution in [2.24, 2.45) is 17.3 Å². The molecule has 7 aliphatic rings. The van der Waals surface area contributed by atoms with Gasteiger partial charge in [0.25, 0.3) is 0 Å². The van der Waals surface area contributed by atoms with E-state index in [0.29, 0.717) is 18.6 Å². The van der Waals surface area contributed by atoms with Crippen molar-refractivity contribution in [2.75, 3.05) is 26.8 Å². The predicted molar refractivity (Wildman–Crippen MR) is 147 cm³/mol. The normalized spacial score (nSPS) is 38.9.